The van der Waals surface area contributed by atoms with E-state index in [-0.39, 0.29) is 31.1 Å². The summed E-state index contributed by atoms with van der Waals surface area (Å²) in [6.45, 7) is 6.09. The topological polar surface area (TPSA) is 78.9 Å². The maximum absolute atomic E-state index is 12.2. The third-order valence-corrected chi connectivity index (χ3v) is 5.66. The molecule has 0 amide bonds. The number of ether oxygens (including phenoxy) is 3. The molecule has 1 unspecified atom stereocenters. The Balaban J connectivity index is 4.19. The van der Waals surface area contributed by atoms with Crippen LogP contribution in [-0.2, 0) is 28.6 Å². The molecule has 0 aliphatic heterocycles. The summed E-state index contributed by atoms with van der Waals surface area (Å²) >= 11 is 0. The molecule has 0 spiro atoms. The molecule has 0 bridgehead atoms. The van der Waals surface area contributed by atoms with Crippen molar-refractivity contribution in [3.63, 3.8) is 0 Å². The molecule has 0 aromatic carbocycles. The normalized spacial score (nSPS) is 12.4. The van der Waals surface area contributed by atoms with Crippen molar-refractivity contribution in [1.82, 2.24) is 0 Å². The Bertz CT molecular complexity index is 665. The van der Waals surface area contributed by atoms with Gasteiger partial charge in [-0.25, -0.2) is 0 Å². The predicted octanol–water partition coefficient (Wildman–Crippen LogP) is 7.95. The Kier molecular flexibility index (Phi) is 25.0. The average Bonchev–Trinajstić information content (AvgIpc) is 2.88. The van der Waals surface area contributed by atoms with Crippen molar-refractivity contribution in [3.8, 4) is 0 Å². The van der Waals surface area contributed by atoms with E-state index >= 15 is 0 Å². The van der Waals surface area contributed by atoms with Gasteiger partial charge in [-0.15, -0.1) is 0 Å². The number of carbonyl (C=O) groups excluding carboxylic acids is 3. The van der Waals surface area contributed by atoms with Crippen LogP contribution in [0.5, 0.6) is 0 Å². The van der Waals surface area contributed by atoms with E-state index in [0.717, 1.165) is 83.5 Å². The second kappa shape index (κ2) is 26.7. The summed E-state index contributed by atoms with van der Waals surface area (Å²) in [4.78, 5) is 36.2. The highest BCUT2D eigenvalue weighted by molar-refractivity contribution is 5.71. The van der Waals surface area contributed by atoms with E-state index in [1.54, 1.807) is 0 Å². The molecule has 0 saturated carbocycles. The smallest absolute Gasteiger partial charge is 0.306 e. The van der Waals surface area contributed by atoms with E-state index in [1.807, 2.05) is 0 Å². The monoisotopic (exact) mass is 520 g/mol. The molecule has 0 aromatic rings. The second-order valence-electron chi connectivity index (χ2n) is 9.29. The van der Waals surface area contributed by atoms with Crippen molar-refractivity contribution in [2.75, 3.05) is 13.2 Å². The number of rotatable bonds is 24. The highest BCUT2D eigenvalue weighted by Gasteiger charge is 2.19. The zero-order chi connectivity index (χ0) is 27.4. The summed E-state index contributed by atoms with van der Waals surface area (Å²) in [5.41, 5.74) is 0. The highest BCUT2D eigenvalue weighted by Crippen LogP contribution is 2.09. The first-order valence-electron chi connectivity index (χ1n) is 14.5. The maximum atomic E-state index is 12.2. The molecular weight excluding hydrogens is 468 g/mol. The van der Waals surface area contributed by atoms with Gasteiger partial charge in [0.05, 0.1) is 0 Å². The first-order valence-corrected chi connectivity index (χ1v) is 14.5. The van der Waals surface area contributed by atoms with Gasteiger partial charge < -0.3 is 14.2 Å². The lowest BCUT2D eigenvalue weighted by atomic mass is 10.1. The molecule has 0 rings (SSSR count). The van der Waals surface area contributed by atoms with Crippen molar-refractivity contribution in [3.05, 3.63) is 36.5 Å². The average molecular weight is 521 g/mol. The Morgan fingerprint density at radius 1 is 0.568 bits per heavy atom. The molecule has 0 aromatic heterocycles. The zero-order valence-electron chi connectivity index (χ0n) is 23.7. The minimum absolute atomic E-state index is 0.0886. The van der Waals surface area contributed by atoms with Crippen LogP contribution in [0, 0.1) is 0 Å². The molecule has 0 N–H and O–H groups in total. The summed E-state index contributed by atoms with van der Waals surface area (Å²) in [7, 11) is 0. The number of carbonyl (C=O) groups is 3. The van der Waals surface area contributed by atoms with E-state index in [9.17, 15) is 14.4 Å². The van der Waals surface area contributed by atoms with Crippen LogP contribution >= 0.6 is 0 Å². The number of hydrogen-bond acceptors (Lipinski definition) is 6. The molecule has 0 heterocycles. The van der Waals surface area contributed by atoms with Gasteiger partial charge in [0.2, 0.25) is 0 Å². The van der Waals surface area contributed by atoms with Crippen LogP contribution in [0.15, 0.2) is 36.5 Å². The Hall–Kier alpha value is -2.37. The van der Waals surface area contributed by atoms with Gasteiger partial charge in [0, 0.05) is 19.3 Å². The third-order valence-electron chi connectivity index (χ3n) is 5.66. The Labute approximate surface area is 225 Å². The zero-order valence-corrected chi connectivity index (χ0v) is 23.7. The molecule has 0 saturated heterocycles. The van der Waals surface area contributed by atoms with Gasteiger partial charge in [0.25, 0.3) is 0 Å². The largest absolute Gasteiger partial charge is 0.462 e. The van der Waals surface area contributed by atoms with Crippen molar-refractivity contribution in [2.45, 2.75) is 130 Å². The van der Waals surface area contributed by atoms with Crippen LogP contribution in [0.3, 0.4) is 0 Å². The third kappa shape index (κ3) is 25.1. The van der Waals surface area contributed by atoms with Gasteiger partial charge in [-0.3, -0.25) is 14.4 Å². The van der Waals surface area contributed by atoms with Gasteiger partial charge in [0.1, 0.15) is 13.2 Å². The van der Waals surface area contributed by atoms with E-state index < -0.39 is 6.10 Å². The molecule has 0 fully saturated rings. The minimum atomic E-state index is -0.768. The molecule has 6 heteroatoms. The predicted molar refractivity (Wildman–Crippen MR) is 150 cm³/mol. The molecule has 212 valence electrons. The Morgan fingerprint density at radius 2 is 1.05 bits per heavy atom. The van der Waals surface area contributed by atoms with Crippen LogP contribution in [0.4, 0.5) is 0 Å². The molecule has 37 heavy (non-hydrogen) atoms. The van der Waals surface area contributed by atoms with Gasteiger partial charge >= 0.3 is 17.9 Å². The lowest BCUT2D eigenvalue weighted by Crippen LogP contribution is -2.30. The van der Waals surface area contributed by atoms with Gasteiger partial charge in [-0.2, -0.15) is 0 Å². The fraction of sp³-hybridized carbons (Fsp3) is 0.710. The SMILES string of the molecule is CC/C=C\C/C=C\C/C=C\CCCCCC(=O)OCC(COC(=O)CCCCC)OC(=O)CCCCC. The number of allylic oxidation sites excluding steroid dienone is 6. The summed E-state index contributed by atoms with van der Waals surface area (Å²) in [6.07, 6.45) is 25.5. The Morgan fingerprint density at radius 3 is 1.59 bits per heavy atom. The van der Waals surface area contributed by atoms with Crippen molar-refractivity contribution in [1.29, 1.82) is 0 Å². The quantitative estimate of drug-likeness (QED) is 0.0556. The molecular formula is C31H52O6. The van der Waals surface area contributed by atoms with Gasteiger partial charge in [0.15, 0.2) is 6.10 Å². The van der Waals surface area contributed by atoms with Crippen LogP contribution < -0.4 is 0 Å². The fourth-order valence-electron chi connectivity index (χ4n) is 3.45. The minimum Gasteiger partial charge on any atom is -0.462 e. The fourth-order valence-corrected chi connectivity index (χ4v) is 3.45. The van der Waals surface area contributed by atoms with Crippen LogP contribution in [0.1, 0.15) is 124 Å². The van der Waals surface area contributed by atoms with Crippen LogP contribution in [-0.4, -0.2) is 37.2 Å². The summed E-state index contributed by atoms with van der Waals surface area (Å²) in [6, 6.07) is 0. The van der Waals surface area contributed by atoms with Crippen molar-refractivity contribution >= 4 is 17.9 Å². The van der Waals surface area contributed by atoms with Crippen LogP contribution in [0.2, 0.25) is 0 Å². The van der Waals surface area contributed by atoms with E-state index in [1.165, 1.54) is 0 Å². The van der Waals surface area contributed by atoms with Crippen molar-refractivity contribution < 1.29 is 28.6 Å². The molecule has 6 nitrogen and oxygen atoms in total. The van der Waals surface area contributed by atoms with Crippen LogP contribution in [0.25, 0.3) is 0 Å². The summed E-state index contributed by atoms with van der Waals surface area (Å²) in [5.74, 6) is -0.992. The standard InChI is InChI=1S/C31H52O6/c1-4-7-10-11-12-13-14-15-16-17-18-19-22-24-30(33)36-27-28(37-31(34)25-21-9-6-3)26-35-29(32)23-20-8-5-2/h7,10,12-13,15-16,28H,4-6,8-9,11,14,17-27H2,1-3H3/b10-7-,13-12-,16-15-. The number of esters is 3. The van der Waals surface area contributed by atoms with Gasteiger partial charge in [-0.1, -0.05) is 89.3 Å². The lowest BCUT2D eigenvalue weighted by molar-refractivity contribution is -0.167. The molecule has 1 atom stereocenters. The maximum Gasteiger partial charge on any atom is 0.306 e. The second-order valence-corrected chi connectivity index (χ2v) is 9.29. The van der Waals surface area contributed by atoms with E-state index in [2.05, 4.69) is 57.2 Å². The first-order chi connectivity index (χ1) is 18.0. The van der Waals surface area contributed by atoms with E-state index in [0.29, 0.717) is 19.3 Å². The number of hydrogen-bond donors (Lipinski definition) is 0. The van der Waals surface area contributed by atoms with E-state index in [4.69, 9.17) is 14.2 Å². The summed E-state index contributed by atoms with van der Waals surface area (Å²) in [5, 5.41) is 0. The van der Waals surface area contributed by atoms with Crippen molar-refractivity contribution in [2.24, 2.45) is 0 Å². The molecule has 0 aliphatic rings. The molecule has 0 radical (unpaired) electrons. The first kappa shape index (κ1) is 34.6. The summed E-state index contributed by atoms with van der Waals surface area (Å²) < 4.78 is 16.0. The molecule has 0 aliphatic carbocycles. The van der Waals surface area contributed by atoms with Gasteiger partial charge in [-0.05, 0) is 51.4 Å². The highest BCUT2D eigenvalue weighted by atomic mass is 16.6. The lowest BCUT2D eigenvalue weighted by Gasteiger charge is -2.18. The number of unbranched alkanes of at least 4 members (excludes halogenated alkanes) is 7.